The lowest BCUT2D eigenvalue weighted by atomic mass is 10.1. The van der Waals surface area contributed by atoms with Crippen molar-refractivity contribution in [2.75, 3.05) is 13.7 Å². The van der Waals surface area contributed by atoms with Crippen LogP contribution in [0, 0.1) is 3.57 Å². The Kier molecular flexibility index (Phi) is 6.23. The number of halogens is 2. The number of hydrogen-bond acceptors (Lipinski definition) is 4. The molecule has 0 unspecified atom stereocenters. The third kappa shape index (κ3) is 4.54. The van der Waals surface area contributed by atoms with Gasteiger partial charge >= 0.3 is 5.97 Å². The molecular weight excluding hydrogens is 479 g/mol. The first-order valence-electron chi connectivity index (χ1n) is 8.04. The van der Waals surface area contributed by atoms with E-state index in [1.165, 1.54) is 0 Å². The highest BCUT2D eigenvalue weighted by Gasteiger charge is 2.22. The number of carbonyl (C=O) groups is 1. The van der Waals surface area contributed by atoms with Gasteiger partial charge in [0.15, 0.2) is 11.5 Å². The Labute approximate surface area is 176 Å². The van der Waals surface area contributed by atoms with Gasteiger partial charge in [-0.05, 0) is 76.7 Å². The zero-order valence-electron chi connectivity index (χ0n) is 14.5. The summed E-state index contributed by atoms with van der Waals surface area (Å²) in [5, 5.41) is 0.625. The molecule has 3 rings (SSSR count). The van der Waals surface area contributed by atoms with E-state index in [4.69, 9.17) is 25.8 Å². The summed E-state index contributed by atoms with van der Waals surface area (Å²) in [6, 6.07) is 10.8. The zero-order chi connectivity index (χ0) is 19.4. The van der Waals surface area contributed by atoms with Crippen LogP contribution in [-0.4, -0.2) is 19.7 Å². The van der Waals surface area contributed by atoms with E-state index in [-0.39, 0.29) is 0 Å². The molecule has 0 fully saturated rings. The summed E-state index contributed by atoms with van der Waals surface area (Å²) in [4.78, 5) is 12.2. The molecule has 0 aromatic heterocycles. The highest BCUT2D eigenvalue weighted by Crippen LogP contribution is 2.35. The number of methoxy groups -OCH3 is 1. The van der Waals surface area contributed by atoms with E-state index >= 15 is 0 Å². The van der Waals surface area contributed by atoms with E-state index in [1.807, 2.05) is 24.3 Å². The molecule has 138 valence electrons. The largest absolute Gasteiger partial charge is 0.493 e. The van der Waals surface area contributed by atoms with Crippen molar-refractivity contribution in [3.8, 4) is 11.5 Å². The van der Waals surface area contributed by atoms with Crippen LogP contribution in [0.1, 0.15) is 11.1 Å². The molecule has 2 aromatic carbocycles. The average molecular weight is 495 g/mol. The summed E-state index contributed by atoms with van der Waals surface area (Å²) in [5.74, 6) is 1.33. The Balaban J connectivity index is 1.93. The smallest absolute Gasteiger partial charge is 0.343 e. The molecule has 1 heterocycles. The molecule has 0 bridgehead atoms. The number of cyclic esters (lactones) is 1. The van der Waals surface area contributed by atoms with Crippen molar-refractivity contribution in [2.24, 2.45) is 0 Å². The van der Waals surface area contributed by atoms with Gasteiger partial charge in [0.05, 0.1) is 16.3 Å². The maximum Gasteiger partial charge on any atom is 0.343 e. The molecule has 27 heavy (non-hydrogen) atoms. The van der Waals surface area contributed by atoms with Gasteiger partial charge in [0, 0.05) is 10.6 Å². The van der Waals surface area contributed by atoms with E-state index in [0.717, 1.165) is 14.7 Å². The number of carbonyl (C=O) groups excluding carboxylic acids is 1. The van der Waals surface area contributed by atoms with E-state index in [9.17, 15) is 4.79 Å². The van der Waals surface area contributed by atoms with Gasteiger partial charge in [-0.2, -0.15) is 0 Å². The van der Waals surface area contributed by atoms with Crippen molar-refractivity contribution in [1.29, 1.82) is 0 Å². The van der Waals surface area contributed by atoms with Crippen LogP contribution in [0.2, 0.25) is 5.02 Å². The Hall–Kier alpha value is -2.25. The minimum atomic E-state index is -0.402. The molecule has 1 aliphatic heterocycles. The Bertz CT molecular complexity index is 945. The SMILES string of the molecule is C=CCOc1c(I)cc(/C=C2\C=C(c3ccc(Cl)cc3)OC2=O)cc1OC. The van der Waals surface area contributed by atoms with Crippen LogP contribution in [0.25, 0.3) is 11.8 Å². The van der Waals surface area contributed by atoms with Gasteiger partial charge in [-0.1, -0.05) is 24.3 Å². The minimum absolute atomic E-state index is 0.381. The van der Waals surface area contributed by atoms with Gasteiger partial charge in [0.1, 0.15) is 12.4 Å². The molecule has 0 saturated carbocycles. The van der Waals surface area contributed by atoms with Crippen LogP contribution in [0.5, 0.6) is 11.5 Å². The van der Waals surface area contributed by atoms with E-state index in [1.54, 1.807) is 37.5 Å². The van der Waals surface area contributed by atoms with Crippen LogP contribution in [0.3, 0.4) is 0 Å². The number of esters is 1. The summed E-state index contributed by atoms with van der Waals surface area (Å²) in [5.41, 5.74) is 2.05. The van der Waals surface area contributed by atoms with Crippen molar-refractivity contribution in [2.45, 2.75) is 0 Å². The third-order valence-electron chi connectivity index (χ3n) is 3.77. The molecule has 0 amide bonds. The molecule has 6 heteroatoms. The van der Waals surface area contributed by atoms with Gasteiger partial charge in [0.25, 0.3) is 0 Å². The van der Waals surface area contributed by atoms with Gasteiger partial charge in [-0.25, -0.2) is 4.79 Å². The second-order valence-corrected chi connectivity index (χ2v) is 7.24. The standard InChI is InChI=1S/C21H16ClIO4/c1-3-8-26-20-17(23)10-13(11-19(20)25-2)9-15-12-18(27-21(15)24)14-4-6-16(22)7-5-14/h3-7,9-12H,1,8H2,2H3/b15-9+. The van der Waals surface area contributed by atoms with E-state index in [0.29, 0.717) is 34.5 Å². The first-order valence-corrected chi connectivity index (χ1v) is 9.50. The molecule has 0 saturated heterocycles. The highest BCUT2D eigenvalue weighted by molar-refractivity contribution is 14.1. The fraction of sp³-hybridized carbons (Fsp3) is 0.0952. The summed E-state index contributed by atoms with van der Waals surface area (Å²) in [7, 11) is 1.57. The molecule has 0 N–H and O–H groups in total. The predicted octanol–water partition coefficient (Wildman–Crippen LogP) is 5.50. The summed E-state index contributed by atoms with van der Waals surface area (Å²) in [6.45, 7) is 4.03. The summed E-state index contributed by atoms with van der Waals surface area (Å²) >= 11 is 8.07. The number of benzene rings is 2. The fourth-order valence-corrected chi connectivity index (χ4v) is 3.44. The molecule has 0 atom stereocenters. The first-order chi connectivity index (χ1) is 13.0. The predicted molar refractivity (Wildman–Crippen MR) is 115 cm³/mol. The lowest BCUT2D eigenvalue weighted by molar-refractivity contribution is -0.130. The second kappa shape index (κ2) is 8.63. The topological polar surface area (TPSA) is 44.8 Å². The van der Waals surface area contributed by atoms with Crippen LogP contribution >= 0.6 is 34.2 Å². The molecule has 1 aliphatic rings. The molecule has 0 radical (unpaired) electrons. The highest BCUT2D eigenvalue weighted by atomic mass is 127. The fourth-order valence-electron chi connectivity index (χ4n) is 2.53. The maximum absolute atomic E-state index is 12.2. The first kappa shape index (κ1) is 19.5. The maximum atomic E-state index is 12.2. The van der Waals surface area contributed by atoms with Crippen LogP contribution in [-0.2, 0) is 9.53 Å². The van der Waals surface area contributed by atoms with E-state index in [2.05, 4.69) is 29.2 Å². The lowest BCUT2D eigenvalue weighted by Crippen LogP contribution is -2.00. The number of hydrogen-bond donors (Lipinski definition) is 0. The molecule has 0 aliphatic carbocycles. The average Bonchev–Trinajstić information content (AvgIpc) is 3.01. The van der Waals surface area contributed by atoms with Gasteiger partial charge < -0.3 is 14.2 Å². The van der Waals surface area contributed by atoms with Gasteiger partial charge in [0.2, 0.25) is 0 Å². The number of ether oxygens (including phenoxy) is 3. The monoisotopic (exact) mass is 494 g/mol. The second-order valence-electron chi connectivity index (χ2n) is 5.64. The van der Waals surface area contributed by atoms with Gasteiger partial charge in [-0.15, -0.1) is 0 Å². The third-order valence-corrected chi connectivity index (χ3v) is 4.83. The van der Waals surface area contributed by atoms with Crippen LogP contribution in [0.15, 0.2) is 60.7 Å². The van der Waals surface area contributed by atoms with Crippen LogP contribution in [0.4, 0.5) is 0 Å². The molecule has 2 aromatic rings. The Morgan fingerprint density at radius 2 is 2.00 bits per heavy atom. The normalized spacial score (nSPS) is 14.7. The van der Waals surface area contributed by atoms with Crippen molar-refractivity contribution in [3.05, 3.63) is 80.4 Å². The van der Waals surface area contributed by atoms with Crippen molar-refractivity contribution >= 4 is 52.0 Å². The van der Waals surface area contributed by atoms with Crippen LogP contribution < -0.4 is 9.47 Å². The Morgan fingerprint density at radius 3 is 2.67 bits per heavy atom. The summed E-state index contributed by atoms with van der Waals surface area (Å²) in [6.07, 6.45) is 5.14. The minimum Gasteiger partial charge on any atom is -0.493 e. The van der Waals surface area contributed by atoms with Gasteiger partial charge in [-0.3, -0.25) is 0 Å². The van der Waals surface area contributed by atoms with Crippen molar-refractivity contribution < 1.29 is 19.0 Å². The molecule has 4 nitrogen and oxygen atoms in total. The zero-order valence-corrected chi connectivity index (χ0v) is 17.4. The Morgan fingerprint density at radius 1 is 1.26 bits per heavy atom. The summed E-state index contributed by atoms with van der Waals surface area (Å²) < 4.78 is 17.3. The van der Waals surface area contributed by atoms with Crippen molar-refractivity contribution in [3.63, 3.8) is 0 Å². The van der Waals surface area contributed by atoms with Crippen molar-refractivity contribution in [1.82, 2.24) is 0 Å². The molecule has 0 spiro atoms. The lowest BCUT2D eigenvalue weighted by Gasteiger charge is -2.12. The number of rotatable bonds is 6. The molecular formula is C21H16ClIO4. The van der Waals surface area contributed by atoms with E-state index < -0.39 is 5.97 Å². The quantitative estimate of drug-likeness (QED) is 0.230.